The summed E-state index contributed by atoms with van der Waals surface area (Å²) in [6.45, 7) is 2.38. The summed E-state index contributed by atoms with van der Waals surface area (Å²) in [6, 6.07) is -5.55. The van der Waals surface area contributed by atoms with Gasteiger partial charge in [0.15, 0.2) is 6.04 Å². The first kappa shape index (κ1) is 25.5. The molecule has 14 heteroatoms. The number of rotatable bonds is 12. The van der Waals surface area contributed by atoms with Gasteiger partial charge in [-0.3, -0.25) is 19.2 Å². The van der Waals surface area contributed by atoms with Crippen LogP contribution < -0.4 is 21.7 Å². The normalized spacial score (nSPS) is 15.6. The van der Waals surface area contributed by atoms with Gasteiger partial charge in [0.1, 0.15) is 12.1 Å². The highest BCUT2D eigenvalue weighted by Gasteiger charge is 2.31. The van der Waals surface area contributed by atoms with E-state index in [-0.39, 0.29) is 6.42 Å². The standard InChI is InChI=1S/C17H26N6O8/c1-7(14(27)23-13(8(2)24)17(30)31)21-16(29)11(4-12(25)26)22-15(28)10(18)3-9-5-19-6-20-9/h5-8,10-11,13,24H,3-4,18H2,1-2H3,(H,19,20)(H,21,29)(H,22,28)(H,23,27)(H,25,26)(H,30,31). The van der Waals surface area contributed by atoms with Gasteiger partial charge in [-0.1, -0.05) is 0 Å². The van der Waals surface area contributed by atoms with Crippen LogP contribution in [0, 0.1) is 0 Å². The lowest BCUT2D eigenvalue weighted by Gasteiger charge is -2.23. The van der Waals surface area contributed by atoms with Crippen LogP contribution in [0.1, 0.15) is 26.0 Å². The summed E-state index contributed by atoms with van der Waals surface area (Å²) in [7, 11) is 0. The number of aliphatic hydroxyl groups excluding tert-OH is 1. The maximum absolute atomic E-state index is 12.4. The molecule has 0 spiro atoms. The van der Waals surface area contributed by atoms with Gasteiger partial charge in [0.2, 0.25) is 17.7 Å². The molecule has 5 atom stereocenters. The van der Waals surface area contributed by atoms with E-state index in [1.807, 2.05) is 5.32 Å². The molecule has 0 saturated heterocycles. The van der Waals surface area contributed by atoms with Crippen LogP contribution in [0.2, 0.25) is 0 Å². The van der Waals surface area contributed by atoms with E-state index in [1.165, 1.54) is 19.4 Å². The zero-order valence-corrected chi connectivity index (χ0v) is 16.9. The van der Waals surface area contributed by atoms with E-state index in [0.29, 0.717) is 5.69 Å². The molecule has 1 aromatic rings. The molecule has 3 amide bonds. The Bertz CT molecular complexity index is 797. The van der Waals surface area contributed by atoms with Crippen LogP contribution in [-0.4, -0.2) is 85.2 Å². The number of aliphatic carboxylic acids is 2. The summed E-state index contributed by atoms with van der Waals surface area (Å²) < 4.78 is 0. The smallest absolute Gasteiger partial charge is 0.328 e. The van der Waals surface area contributed by atoms with Crippen molar-refractivity contribution in [2.75, 3.05) is 0 Å². The van der Waals surface area contributed by atoms with Crippen LogP contribution in [0.4, 0.5) is 0 Å². The van der Waals surface area contributed by atoms with E-state index >= 15 is 0 Å². The number of aromatic nitrogens is 2. The predicted octanol–water partition coefficient (Wildman–Crippen LogP) is -3.31. The fourth-order valence-corrected chi connectivity index (χ4v) is 2.44. The van der Waals surface area contributed by atoms with E-state index in [2.05, 4.69) is 20.6 Å². The molecule has 14 nitrogen and oxygen atoms in total. The number of aromatic amines is 1. The van der Waals surface area contributed by atoms with Crippen molar-refractivity contribution in [2.24, 2.45) is 5.73 Å². The number of aliphatic hydroxyl groups is 1. The molecule has 1 heterocycles. The van der Waals surface area contributed by atoms with E-state index in [1.54, 1.807) is 0 Å². The van der Waals surface area contributed by atoms with Gasteiger partial charge >= 0.3 is 11.9 Å². The fraction of sp³-hybridized carbons (Fsp3) is 0.529. The zero-order chi connectivity index (χ0) is 23.7. The third-order valence-electron chi connectivity index (χ3n) is 4.14. The monoisotopic (exact) mass is 442 g/mol. The fourth-order valence-electron chi connectivity index (χ4n) is 2.44. The average Bonchev–Trinajstić information content (AvgIpc) is 3.17. The lowest BCUT2D eigenvalue weighted by atomic mass is 10.1. The highest BCUT2D eigenvalue weighted by Crippen LogP contribution is 2.01. The number of amides is 3. The van der Waals surface area contributed by atoms with E-state index in [4.69, 9.17) is 15.9 Å². The Kier molecular flexibility index (Phi) is 9.56. The third kappa shape index (κ3) is 8.39. The minimum absolute atomic E-state index is 0.0575. The largest absolute Gasteiger partial charge is 0.481 e. The molecule has 0 fully saturated rings. The van der Waals surface area contributed by atoms with Gasteiger partial charge in [0.05, 0.1) is 24.9 Å². The molecule has 0 aromatic carbocycles. The average molecular weight is 442 g/mol. The SMILES string of the molecule is CC(NC(=O)C(CC(=O)O)NC(=O)C(N)Cc1cnc[nH]1)C(=O)NC(C(=O)O)C(C)O. The van der Waals surface area contributed by atoms with Crippen molar-refractivity contribution in [3.05, 3.63) is 18.2 Å². The second-order valence-electron chi connectivity index (χ2n) is 6.84. The lowest BCUT2D eigenvalue weighted by Crippen LogP contribution is -2.58. The summed E-state index contributed by atoms with van der Waals surface area (Å²) in [5.41, 5.74) is 6.32. The molecule has 31 heavy (non-hydrogen) atoms. The summed E-state index contributed by atoms with van der Waals surface area (Å²) >= 11 is 0. The maximum Gasteiger partial charge on any atom is 0.328 e. The lowest BCUT2D eigenvalue weighted by molar-refractivity contribution is -0.145. The van der Waals surface area contributed by atoms with Gasteiger partial charge < -0.3 is 42.0 Å². The molecule has 1 rings (SSSR count). The summed E-state index contributed by atoms with van der Waals surface area (Å²) in [6.07, 6.45) is 0.710. The molecule has 0 bridgehead atoms. The number of imidazole rings is 1. The number of nitrogens with zero attached hydrogens (tertiary/aromatic N) is 1. The van der Waals surface area contributed by atoms with Gasteiger partial charge in [-0.15, -0.1) is 0 Å². The molecule has 0 aliphatic carbocycles. The van der Waals surface area contributed by atoms with Crippen molar-refractivity contribution in [3.63, 3.8) is 0 Å². The van der Waals surface area contributed by atoms with Crippen LogP contribution in [0.15, 0.2) is 12.5 Å². The minimum Gasteiger partial charge on any atom is -0.481 e. The number of hydrogen-bond donors (Lipinski definition) is 8. The maximum atomic E-state index is 12.4. The number of nitrogens with one attached hydrogen (secondary N) is 4. The van der Waals surface area contributed by atoms with Crippen LogP contribution in [-0.2, 0) is 30.4 Å². The van der Waals surface area contributed by atoms with Crippen molar-refractivity contribution < 1.29 is 39.3 Å². The quantitative estimate of drug-likeness (QED) is 0.160. The zero-order valence-electron chi connectivity index (χ0n) is 16.9. The second-order valence-corrected chi connectivity index (χ2v) is 6.84. The number of carboxylic acid groups (broad SMARTS) is 2. The highest BCUT2D eigenvalue weighted by molar-refractivity contribution is 5.95. The molecule has 0 saturated carbocycles. The minimum atomic E-state index is -1.61. The predicted molar refractivity (Wildman–Crippen MR) is 103 cm³/mol. The van der Waals surface area contributed by atoms with Gasteiger partial charge in [-0.25, -0.2) is 9.78 Å². The Morgan fingerprint density at radius 1 is 1.06 bits per heavy atom. The molecule has 0 aliphatic rings. The Balaban J connectivity index is 2.76. The molecule has 0 aliphatic heterocycles. The Morgan fingerprint density at radius 2 is 1.71 bits per heavy atom. The van der Waals surface area contributed by atoms with Crippen molar-refractivity contribution in [2.45, 2.75) is 57.0 Å². The molecule has 0 radical (unpaired) electrons. The molecule has 172 valence electrons. The first-order valence-corrected chi connectivity index (χ1v) is 9.19. The molecular weight excluding hydrogens is 416 g/mol. The van der Waals surface area contributed by atoms with Gasteiger partial charge in [0.25, 0.3) is 0 Å². The van der Waals surface area contributed by atoms with Crippen LogP contribution in [0.3, 0.4) is 0 Å². The van der Waals surface area contributed by atoms with Gasteiger partial charge in [-0.2, -0.15) is 0 Å². The van der Waals surface area contributed by atoms with E-state index in [0.717, 1.165) is 6.92 Å². The van der Waals surface area contributed by atoms with Crippen molar-refractivity contribution in [3.8, 4) is 0 Å². The number of nitrogens with two attached hydrogens (primary N) is 1. The van der Waals surface area contributed by atoms with Gasteiger partial charge in [0, 0.05) is 18.3 Å². The molecular formula is C17H26N6O8. The number of carbonyl (C=O) groups is 5. The first-order chi connectivity index (χ1) is 14.4. The van der Waals surface area contributed by atoms with Gasteiger partial charge in [-0.05, 0) is 13.8 Å². The van der Waals surface area contributed by atoms with Crippen molar-refractivity contribution in [1.82, 2.24) is 25.9 Å². The Hall–Kier alpha value is -3.52. The van der Waals surface area contributed by atoms with Crippen molar-refractivity contribution in [1.29, 1.82) is 0 Å². The highest BCUT2D eigenvalue weighted by atomic mass is 16.4. The molecule has 1 aromatic heterocycles. The Labute approximate surface area is 176 Å². The second kappa shape index (κ2) is 11.6. The number of hydrogen-bond acceptors (Lipinski definition) is 8. The summed E-state index contributed by atoms with van der Waals surface area (Å²) in [5.74, 6) is -5.59. The summed E-state index contributed by atoms with van der Waals surface area (Å²) in [4.78, 5) is 65.5. The van der Waals surface area contributed by atoms with Crippen LogP contribution in [0.5, 0.6) is 0 Å². The molecule has 9 N–H and O–H groups in total. The van der Waals surface area contributed by atoms with E-state index in [9.17, 15) is 29.1 Å². The molecule has 5 unspecified atom stereocenters. The number of H-pyrrole nitrogens is 1. The number of carbonyl (C=O) groups excluding carboxylic acids is 3. The number of carboxylic acids is 2. The van der Waals surface area contributed by atoms with Crippen molar-refractivity contribution >= 4 is 29.7 Å². The van der Waals surface area contributed by atoms with Crippen LogP contribution >= 0.6 is 0 Å². The summed E-state index contributed by atoms with van der Waals surface area (Å²) in [5, 5.41) is 33.9. The van der Waals surface area contributed by atoms with Crippen LogP contribution in [0.25, 0.3) is 0 Å². The Morgan fingerprint density at radius 3 is 2.19 bits per heavy atom. The topological polar surface area (TPSA) is 237 Å². The van der Waals surface area contributed by atoms with E-state index < -0.39 is 66.4 Å². The first-order valence-electron chi connectivity index (χ1n) is 9.19. The third-order valence-corrected chi connectivity index (χ3v) is 4.14.